The van der Waals surface area contributed by atoms with Gasteiger partial charge in [-0.15, -0.1) is 0 Å². The number of aromatic nitrogens is 2. The van der Waals surface area contributed by atoms with Gasteiger partial charge in [-0.1, -0.05) is 18.2 Å². The van der Waals surface area contributed by atoms with Gasteiger partial charge in [0.25, 0.3) is 5.91 Å². The third kappa shape index (κ3) is 2.29. The first-order chi connectivity index (χ1) is 10.2. The van der Waals surface area contributed by atoms with E-state index in [1.807, 2.05) is 30.3 Å². The molecule has 1 aliphatic rings. The molecule has 106 valence electrons. The Kier molecular flexibility index (Phi) is 3.23. The topological polar surface area (TPSA) is 85.6 Å². The molecule has 0 atom stereocenters. The van der Waals surface area contributed by atoms with E-state index in [0.717, 1.165) is 5.69 Å². The van der Waals surface area contributed by atoms with Crippen LogP contribution in [-0.4, -0.2) is 35.1 Å². The van der Waals surface area contributed by atoms with Crippen LogP contribution in [0.2, 0.25) is 0 Å². The summed E-state index contributed by atoms with van der Waals surface area (Å²) in [6.07, 6.45) is 1.27. The highest BCUT2D eigenvalue weighted by Gasteiger charge is 2.30. The zero-order valence-electron chi connectivity index (χ0n) is 11.2. The number of amides is 2. The van der Waals surface area contributed by atoms with Crippen LogP contribution in [0.3, 0.4) is 0 Å². The number of carbonyl (C=O) groups excluding carboxylic acids is 2. The van der Waals surface area contributed by atoms with Crippen molar-refractivity contribution in [3.05, 3.63) is 41.6 Å². The van der Waals surface area contributed by atoms with Crippen molar-refractivity contribution in [2.45, 2.75) is 6.42 Å². The number of methoxy groups -OCH3 is 1. The number of aliphatic imine (C=N–C) groups is 1. The number of nitrogens with one attached hydrogen (secondary N) is 1. The van der Waals surface area contributed by atoms with Crippen LogP contribution in [0, 0.1) is 0 Å². The smallest absolute Gasteiger partial charge is 0.263 e. The molecule has 1 aromatic heterocycles. The minimum Gasteiger partial charge on any atom is -0.486 e. The molecule has 0 bridgehead atoms. The maximum absolute atomic E-state index is 12.0. The highest BCUT2D eigenvalue weighted by molar-refractivity contribution is 6.12. The minimum atomic E-state index is -0.494. The van der Waals surface area contributed by atoms with E-state index >= 15 is 0 Å². The first-order valence-corrected chi connectivity index (χ1v) is 6.27. The Hall–Kier alpha value is -2.96. The number of fused-ring (bicyclic) bond motifs is 1. The molecule has 0 spiro atoms. The van der Waals surface area contributed by atoms with Crippen molar-refractivity contribution >= 4 is 24.0 Å². The van der Waals surface area contributed by atoms with Crippen LogP contribution >= 0.6 is 0 Å². The molecular weight excluding hydrogens is 272 g/mol. The zero-order valence-corrected chi connectivity index (χ0v) is 11.2. The molecule has 0 fully saturated rings. The standard InChI is InChI=1S/C14H12N4O3/c1-21-8-15-13-12-10(7-11(19)16-14(12)20)17-18(13)9-5-3-2-4-6-9/h2-6,8H,7H2,1H3,(H,16,19,20)/b15-8+. The summed E-state index contributed by atoms with van der Waals surface area (Å²) in [6, 6.07) is 9.26. The summed E-state index contributed by atoms with van der Waals surface area (Å²) < 4.78 is 6.35. The molecule has 7 heteroatoms. The maximum Gasteiger partial charge on any atom is 0.263 e. The van der Waals surface area contributed by atoms with Gasteiger partial charge in [-0.25, -0.2) is 9.67 Å². The molecule has 0 unspecified atom stereocenters. The van der Waals surface area contributed by atoms with Crippen molar-refractivity contribution in [1.29, 1.82) is 0 Å². The summed E-state index contributed by atoms with van der Waals surface area (Å²) in [4.78, 5) is 27.6. The Bertz CT molecular complexity index is 734. The molecule has 0 aliphatic carbocycles. The highest BCUT2D eigenvalue weighted by atomic mass is 16.5. The van der Waals surface area contributed by atoms with E-state index in [1.54, 1.807) is 0 Å². The second-order valence-corrected chi connectivity index (χ2v) is 4.42. The molecule has 1 aromatic carbocycles. The number of hydrogen-bond acceptors (Lipinski definition) is 5. The molecule has 3 rings (SSSR count). The zero-order chi connectivity index (χ0) is 14.8. The number of imide groups is 1. The first-order valence-electron chi connectivity index (χ1n) is 6.27. The summed E-state index contributed by atoms with van der Waals surface area (Å²) in [6.45, 7) is 0. The molecule has 0 saturated heterocycles. The number of benzene rings is 1. The van der Waals surface area contributed by atoms with Crippen LogP contribution < -0.4 is 5.32 Å². The van der Waals surface area contributed by atoms with Crippen LogP contribution in [-0.2, 0) is 16.0 Å². The van der Waals surface area contributed by atoms with E-state index < -0.39 is 5.91 Å². The van der Waals surface area contributed by atoms with Crippen molar-refractivity contribution in [1.82, 2.24) is 15.1 Å². The monoisotopic (exact) mass is 284 g/mol. The fourth-order valence-electron chi connectivity index (χ4n) is 2.17. The van der Waals surface area contributed by atoms with Crippen molar-refractivity contribution in [3.63, 3.8) is 0 Å². The van der Waals surface area contributed by atoms with Gasteiger partial charge >= 0.3 is 0 Å². The minimum absolute atomic E-state index is 0.0520. The molecular formula is C14H12N4O3. The quantitative estimate of drug-likeness (QED) is 0.517. The Labute approximate surface area is 120 Å². The third-order valence-electron chi connectivity index (χ3n) is 3.02. The predicted octanol–water partition coefficient (Wildman–Crippen LogP) is 0.991. The van der Waals surface area contributed by atoms with Gasteiger partial charge in [0.2, 0.25) is 5.91 Å². The Morgan fingerprint density at radius 1 is 1.33 bits per heavy atom. The van der Waals surface area contributed by atoms with Gasteiger partial charge in [-0.2, -0.15) is 5.10 Å². The lowest BCUT2D eigenvalue weighted by atomic mass is 10.1. The number of para-hydroxylation sites is 1. The average molecular weight is 284 g/mol. The van der Waals surface area contributed by atoms with Crippen LogP contribution in [0.1, 0.15) is 16.1 Å². The van der Waals surface area contributed by atoms with Gasteiger partial charge < -0.3 is 4.74 Å². The lowest BCUT2D eigenvalue weighted by Crippen LogP contribution is -2.36. The summed E-state index contributed by atoms with van der Waals surface area (Å²) in [7, 11) is 1.46. The van der Waals surface area contributed by atoms with E-state index in [0.29, 0.717) is 17.1 Å². The molecule has 1 aliphatic heterocycles. The summed E-state index contributed by atoms with van der Waals surface area (Å²) >= 11 is 0. The number of hydrogen-bond donors (Lipinski definition) is 1. The van der Waals surface area contributed by atoms with E-state index in [4.69, 9.17) is 4.74 Å². The molecule has 0 saturated carbocycles. The normalized spacial score (nSPS) is 14.1. The number of carbonyl (C=O) groups is 2. The predicted molar refractivity (Wildman–Crippen MR) is 74.9 cm³/mol. The van der Waals surface area contributed by atoms with Gasteiger partial charge in [0.05, 0.1) is 24.9 Å². The maximum atomic E-state index is 12.0. The van der Waals surface area contributed by atoms with Gasteiger partial charge in [-0.3, -0.25) is 14.9 Å². The molecule has 2 heterocycles. The van der Waals surface area contributed by atoms with E-state index in [9.17, 15) is 9.59 Å². The van der Waals surface area contributed by atoms with E-state index in [1.165, 1.54) is 18.2 Å². The average Bonchev–Trinajstić information content (AvgIpc) is 2.84. The van der Waals surface area contributed by atoms with Gasteiger partial charge in [0, 0.05) is 0 Å². The molecule has 21 heavy (non-hydrogen) atoms. The number of ether oxygens (including phenoxy) is 1. The second-order valence-electron chi connectivity index (χ2n) is 4.42. The molecule has 2 aromatic rings. The number of nitrogens with zero attached hydrogens (tertiary/aromatic N) is 3. The lowest BCUT2D eigenvalue weighted by molar-refractivity contribution is -0.119. The summed E-state index contributed by atoms with van der Waals surface area (Å²) in [5.74, 6) is -0.526. The van der Waals surface area contributed by atoms with E-state index in [2.05, 4.69) is 15.4 Å². The Balaban J connectivity index is 2.21. The molecule has 1 N–H and O–H groups in total. The van der Waals surface area contributed by atoms with Crippen molar-refractivity contribution in [2.75, 3.05) is 7.11 Å². The Morgan fingerprint density at radius 3 is 2.81 bits per heavy atom. The fraction of sp³-hybridized carbons (Fsp3) is 0.143. The van der Waals surface area contributed by atoms with E-state index in [-0.39, 0.29) is 12.3 Å². The van der Waals surface area contributed by atoms with Crippen molar-refractivity contribution < 1.29 is 14.3 Å². The number of rotatable bonds is 3. The Morgan fingerprint density at radius 2 is 2.10 bits per heavy atom. The van der Waals surface area contributed by atoms with Crippen LogP contribution in [0.5, 0.6) is 0 Å². The van der Waals surface area contributed by atoms with Crippen LogP contribution in [0.15, 0.2) is 35.3 Å². The second kappa shape index (κ2) is 5.20. The third-order valence-corrected chi connectivity index (χ3v) is 3.02. The van der Waals surface area contributed by atoms with Gasteiger partial charge in [0.1, 0.15) is 5.56 Å². The lowest BCUT2D eigenvalue weighted by Gasteiger charge is -2.09. The van der Waals surface area contributed by atoms with Crippen molar-refractivity contribution in [2.24, 2.45) is 4.99 Å². The highest BCUT2D eigenvalue weighted by Crippen LogP contribution is 2.28. The van der Waals surface area contributed by atoms with Crippen molar-refractivity contribution in [3.8, 4) is 5.69 Å². The van der Waals surface area contributed by atoms with Gasteiger partial charge in [0.15, 0.2) is 12.2 Å². The molecule has 2 amide bonds. The summed E-state index contributed by atoms with van der Waals surface area (Å²) in [5, 5.41) is 6.61. The fourth-order valence-corrected chi connectivity index (χ4v) is 2.17. The van der Waals surface area contributed by atoms with Crippen LogP contribution in [0.4, 0.5) is 5.82 Å². The summed E-state index contributed by atoms with van der Waals surface area (Å²) in [5.41, 5.74) is 1.46. The van der Waals surface area contributed by atoms with Crippen LogP contribution in [0.25, 0.3) is 5.69 Å². The SMILES string of the molecule is CO/C=N/c1c2c(nn1-c1ccccc1)CC(=O)NC2=O. The first kappa shape index (κ1) is 13.0. The van der Waals surface area contributed by atoms with Gasteiger partial charge in [-0.05, 0) is 12.1 Å². The molecule has 0 radical (unpaired) electrons. The largest absolute Gasteiger partial charge is 0.486 e. The molecule has 7 nitrogen and oxygen atoms in total.